The molecule has 2 aromatic rings. The number of rotatable bonds is 3. The number of methoxy groups -OCH3 is 1. The molecule has 1 aliphatic rings. The zero-order chi connectivity index (χ0) is 20.1. The van der Waals surface area contributed by atoms with E-state index in [9.17, 15) is 0 Å². The highest BCUT2D eigenvalue weighted by Gasteiger charge is 2.33. The summed E-state index contributed by atoms with van der Waals surface area (Å²) in [5, 5.41) is 0. The van der Waals surface area contributed by atoms with Gasteiger partial charge in [0.1, 0.15) is 5.75 Å². The van der Waals surface area contributed by atoms with E-state index in [4.69, 9.17) is 4.74 Å². The third-order valence-corrected chi connectivity index (χ3v) is 7.51. The van der Waals surface area contributed by atoms with Crippen LogP contribution in [-0.4, -0.2) is 15.9 Å². The second kappa shape index (κ2) is 6.98. The molecule has 2 aromatic carbocycles. The number of hydrogen-bond acceptors (Lipinski definition) is 1. The minimum atomic E-state index is -0.477. The van der Waals surface area contributed by atoms with Crippen molar-refractivity contribution in [2.24, 2.45) is 0 Å². The highest BCUT2D eigenvalue weighted by molar-refractivity contribution is 6.58. The Bertz CT molecular complexity index is 893. The van der Waals surface area contributed by atoms with Crippen LogP contribution in [0, 0.1) is 13.8 Å². The lowest BCUT2D eigenvalue weighted by molar-refractivity contribution is 0.399. The molecule has 3 rings (SSSR count). The maximum atomic E-state index is 6.07. The fraction of sp³-hybridized carbons (Fsp3) is 0.440. The van der Waals surface area contributed by atoms with Gasteiger partial charge in [0.05, 0.1) is 15.9 Å². The summed E-state index contributed by atoms with van der Waals surface area (Å²) in [7, 11) is 1.34. The van der Waals surface area contributed by atoms with Crippen LogP contribution in [0.3, 0.4) is 0 Å². The van der Waals surface area contributed by atoms with Crippen molar-refractivity contribution in [1.29, 1.82) is 0 Å². The second-order valence-electron chi connectivity index (χ2n) is 9.36. The van der Waals surface area contributed by atoms with Gasteiger partial charge < -0.3 is 4.74 Å². The first-order chi connectivity index (χ1) is 12.5. The van der Waals surface area contributed by atoms with Gasteiger partial charge in [0, 0.05) is 11.1 Å². The van der Waals surface area contributed by atoms with Crippen LogP contribution in [0.2, 0.25) is 13.1 Å². The van der Waals surface area contributed by atoms with Crippen molar-refractivity contribution in [2.75, 3.05) is 7.11 Å². The van der Waals surface area contributed by atoms with Gasteiger partial charge in [-0.25, -0.2) is 0 Å². The molecule has 0 fully saturated rings. The Labute approximate surface area is 167 Å². The molecule has 0 amide bonds. The first-order valence-electron chi connectivity index (χ1n) is 9.87. The Morgan fingerprint density at radius 2 is 1.52 bits per heavy atom. The monoisotopic (exact) mass is 377 g/mol. The molecular formula is C25H33OSi. The van der Waals surface area contributed by atoms with E-state index in [0.29, 0.717) is 5.54 Å². The maximum absolute atomic E-state index is 6.07. The normalized spacial score (nSPS) is 16.5. The van der Waals surface area contributed by atoms with Crippen LogP contribution in [0.1, 0.15) is 61.1 Å². The van der Waals surface area contributed by atoms with E-state index in [-0.39, 0.29) is 5.41 Å². The van der Waals surface area contributed by atoms with Crippen LogP contribution >= 0.6 is 0 Å². The zero-order valence-electron chi connectivity index (χ0n) is 18.4. The summed E-state index contributed by atoms with van der Waals surface area (Å²) >= 11 is 0. The van der Waals surface area contributed by atoms with Crippen LogP contribution in [-0.2, 0) is 5.41 Å². The molecule has 2 heteroatoms. The van der Waals surface area contributed by atoms with Crippen molar-refractivity contribution in [3.05, 3.63) is 57.7 Å². The average molecular weight is 378 g/mol. The molecule has 0 aliphatic heterocycles. The third kappa shape index (κ3) is 3.52. The third-order valence-electron chi connectivity index (χ3n) is 5.59. The Kier molecular flexibility index (Phi) is 5.15. The average Bonchev–Trinajstić information content (AvgIpc) is 2.86. The van der Waals surface area contributed by atoms with Crippen molar-refractivity contribution in [3.63, 3.8) is 0 Å². The minimum Gasteiger partial charge on any atom is -0.496 e. The van der Waals surface area contributed by atoms with Crippen LogP contribution < -0.4 is 4.74 Å². The molecule has 0 aromatic heterocycles. The summed E-state index contributed by atoms with van der Waals surface area (Å²) in [4.78, 5) is 0. The van der Waals surface area contributed by atoms with Gasteiger partial charge in [-0.2, -0.15) is 0 Å². The highest BCUT2D eigenvalue weighted by atomic mass is 28.3. The van der Waals surface area contributed by atoms with E-state index in [1.807, 2.05) is 7.11 Å². The molecule has 1 aliphatic carbocycles. The lowest BCUT2D eigenvalue weighted by Gasteiger charge is -2.28. The summed E-state index contributed by atoms with van der Waals surface area (Å²) in [6.07, 6.45) is 2.42. The number of hydrogen-bond donors (Lipinski definition) is 0. The summed E-state index contributed by atoms with van der Waals surface area (Å²) in [6.45, 7) is 18.4. The standard InChI is InChI=1S/C25H33OSi/c1-15-10-16(2)12-18(11-15)22-19-13-17(3)24(27(8)9)20(19)14-21(23(22)26-7)25(4,5)6/h10-14,24H,1-9H3. The molecule has 0 saturated heterocycles. The van der Waals surface area contributed by atoms with Crippen LogP contribution in [0.4, 0.5) is 0 Å². The quantitative estimate of drug-likeness (QED) is 0.520. The largest absolute Gasteiger partial charge is 0.496 e. The fourth-order valence-corrected chi connectivity index (χ4v) is 6.45. The Hall–Kier alpha value is -1.80. The van der Waals surface area contributed by atoms with Gasteiger partial charge in [-0.3, -0.25) is 0 Å². The van der Waals surface area contributed by atoms with Gasteiger partial charge in [0.25, 0.3) is 0 Å². The summed E-state index contributed by atoms with van der Waals surface area (Å²) in [6, 6.07) is 9.29. The minimum absolute atomic E-state index is 0.0312. The molecule has 0 heterocycles. The SMILES string of the molecule is COc1c(C(C)(C)C)cc2c(c1-c1cc(C)cc(C)c1)C=C(C)C2[Si](C)C. The van der Waals surface area contributed by atoms with E-state index in [0.717, 1.165) is 5.75 Å². The smallest absolute Gasteiger partial charge is 0.131 e. The molecular weight excluding hydrogens is 344 g/mol. The van der Waals surface area contributed by atoms with E-state index >= 15 is 0 Å². The Morgan fingerprint density at radius 3 is 2.00 bits per heavy atom. The Balaban J connectivity index is 2.44. The molecule has 0 saturated carbocycles. The summed E-state index contributed by atoms with van der Waals surface area (Å²) in [5.74, 6) is 1.04. The van der Waals surface area contributed by atoms with Crippen LogP contribution in [0.25, 0.3) is 17.2 Å². The predicted octanol–water partition coefficient (Wildman–Crippen LogP) is 7.07. The highest BCUT2D eigenvalue weighted by Crippen LogP contribution is 2.50. The lowest BCUT2D eigenvalue weighted by atomic mass is 9.81. The van der Waals surface area contributed by atoms with Crippen molar-refractivity contribution in [3.8, 4) is 16.9 Å². The topological polar surface area (TPSA) is 9.23 Å². The second-order valence-corrected chi connectivity index (χ2v) is 12.1. The molecule has 27 heavy (non-hydrogen) atoms. The van der Waals surface area contributed by atoms with E-state index in [2.05, 4.69) is 85.0 Å². The van der Waals surface area contributed by atoms with Gasteiger partial charge >= 0.3 is 0 Å². The van der Waals surface area contributed by atoms with Gasteiger partial charge in [-0.1, -0.05) is 80.9 Å². The molecule has 0 bridgehead atoms. The molecule has 143 valence electrons. The molecule has 1 nitrogen and oxygen atoms in total. The number of aryl methyl sites for hydroxylation is 2. The van der Waals surface area contributed by atoms with Gasteiger partial charge in [0.2, 0.25) is 0 Å². The van der Waals surface area contributed by atoms with Crippen molar-refractivity contribution < 1.29 is 4.74 Å². The lowest BCUT2D eigenvalue weighted by Crippen LogP contribution is -2.19. The van der Waals surface area contributed by atoms with Crippen molar-refractivity contribution in [1.82, 2.24) is 0 Å². The molecule has 0 N–H and O–H groups in total. The van der Waals surface area contributed by atoms with Gasteiger partial charge in [0.15, 0.2) is 0 Å². The Morgan fingerprint density at radius 1 is 0.926 bits per heavy atom. The predicted molar refractivity (Wildman–Crippen MR) is 120 cm³/mol. The first kappa shape index (κ1) is 19.9. The van der Waals surface area contributed by atoms with Gasteiger partial charge in [-0.05, 0) is 48.4 Å². The van der Waals surface area contributed by atoms with E-state index in [1.54, 1.807) is 0 Å². The first-order valence-corrected chi connectivity index (χ1v) is 12.4. The number of benzene rings is 2. The molecule has 0 spiro atoms. The van der Waals surface area contributed by atoms with Crippen molar-refractivity contribution >= 4 is 14.9 Å². The molecule has 1 atom stereocenters. The fourth-order valence-electron chi connectivity index (χ4n) is 4.59. The molecule has 1 unspecified atom stereocenters. The van der Waals surface area contributed by atoms with Crippen LogP contribution in [0.5, 0.6) is 5.75 Å². The number of ether oxygens (including phenoxy) is 1. The summed E-state index contributed by atoms with van der Waals surface area (Å²) in [5.41, 5.74) is 11.5. The maximum Gasteiger partial charge on any atom is 0.131 e. The number of fused-ring (bicyclic) bond motifs is 1. The van der Waals surface area contributed by atoms with Gasteiger partial charge in [-0.15, -0.1) is 0 Å². The summed E-state index contributed by atoms with van der Waals surface area (Å²) < 4.78 is 6.07. The van der Waals surface area contributed by atoms with E-state index in [1.165, 1.54) is 44.5 Å². The van der Waals surface area contributed by atoms with Crippen molar-refractivity contribution in [2.45, 2.75) is 65.6 Å². The van der Waals surface area contributed by atoms with E-state index < -0.39 is 8.80 Å². The number of allylic oxidation sites excluding steroid dienone is 1. The zero-order valence-corrected chi connectivity index (χ0v) is 19.4. The molecule has 1 radical (unpaired) electrons. The van der Waals surface area contributed by atoms with Crippen LogP contribution in [0.15, 0.2) is 29.8 Å².